The fourth-order valence-corrected chi connectivity index (χ4v) is 4.08. The average molecular weight is 432 g/mol. The van der Waals surface area contributed by atoms with E-state index in [0.717, 1.165) is 17.3 Å². The molecule has 0 fully saturated rings. The van der Waals surface area contributed by atoms with E-state index >= 15 is 0 Å². The topological polar surface area (TPSA) is 92.0 Å². The van der Waals surface area contributed by atoms with Gasteiger partial charge in [-0.15, -0.1) is 10.2 Å². The third kappa shape index (κ3) is 5.48. The maximum Gasteiger partial charge on any atom is 0.318 e. The van der Waals surface area contributed by atoms with E-state index in [2.05, 4.69) is 20.2 Å². The van der Waals surface area contributed by atoms with Crippen molar-refractivity contribution in [2.24, 2.45) is 0 Å². The standard InChI is InChI=1S/C19H21N5O3S2/c1-4-27-15-8-6-14(7-9-15)24-16(12-28-18-20-10-5-11-21-18)22-23-19(24)29-13(2)17(25)26-3/h5-11,13H,4,12H2,1-3H3/t13-/m1/s1. The molecule has 10 heteroatoms. The van der Waals surface area contributed by atoms with E-state index in [-0.39, 0.29) is 5.97 Å². The van der Waals surface area contributed by atoms with Crippen molar-refractivity contribution < 1.29 is 14.3 Å². The number of methoxy groups -OCH3 is 1. The van der Waals surface area contributed by atoms with Crippen LogP contribution >= 0.6 is 23.5 Å². The number of thioether (sulfide) groups is 2. The highest BCUT2D eigenvalue weighted by molar-refractivity contribution is 8.00. The van der Waals surface area contributed by atoms with Gasteiger partial charge in [0.2, 0.25) is 0 Å². The molecule has 3 rings (SSSR count). The molecule has 1 aromatic carbocycles. The van der Waals surface area contributed by atoms with Gasteiger partial charge < -0.3 is 9.47 Å². The number of hydrogen-bond acceptors (Lipinski definition) is 9. The van der Waals surface area contributed by atoms with E-state index in [4.69, 9.17) is 9.47 Å². The molecule has 0 saturated carbocycles. The number of aromatic nitrogens is 5. The van der Waals surface area contributed by atoms with Gasteiger partial charge in [0.1, 0.15) is 16.8 Å². The van der Waals surface area contributed by atoms with Crippen LogP contribution in [0, 0.1) is 0 Å². The summed E-state index contributed by atoms with van der Waals surface area (Å²) >= 11 is 2.76. The minimum absolute atomic E-state index is 0.315. The third-order valence-electron chi connectivity index (χ3n) is 3.79. The predicted octanol–water partition coefficient (Wildman–Crippen LogP) is 3.40. The summed E-state index contributed by atoms with van der Waals surface area (Å²) in [5.41, 5.74) is 0.877. The minimum atomic E-state index is -0.413. The third-order valence-corrected chi connectivity index (χ3v) is 5.69. The molecule has 0 aliphatic rings. The summed E-state index contributed by atoms with van der Waals surface area (Å²) in [5, 5.41) is 9.49. The molecule has 152 valence electrons. The number of carbonyl (C=O) groups is 1. The Kier molecular flexibility index (Phi) is 7.48. The smallest absolute Gasteiger partial charge is 0.318 e. The van der Waals surface area contributed by atoms with E-state index < -0.39 is 5.25 Å². The second-order valence-corrected chi connectivity index (χ2v) is 8.01. The lowest BCUT2D eigenvalue weighted by molar-refractivity contribution is -0.139. The molecule has 2 aromatic heterocycles. The van der Waals surface area contributed by atoms with Gasteiger partial charge in [-0.3, -0.25) is 9.36 Å². The SMILES string of the molecule is CCOc1ccc(-n2c(CSc3ncccn3)nnc2S[C@H](C)C(=O)OC)cc1. The van der Waals surface area contributed by atoms with Crippen LogP contribution in [0.2, 0.25) is 0 Å². The van der Waals surface area contributed by atoms with Gasteiger partial charge in [0, 0.05) is 18.1 Å². The van der Waals surface area contributed by atoms with Crippen molar-refractivity contribution in [3.05, 3.63) is 48.5 Å². The van der Waals surface area contributed by atoms with Crippen LogP contribution in [0.3, 0.4) is 0 Å². The fourth-order valence-electron chi connectivity index (χ4n) is 2.45. The van der Waals surface area contributed by atoms with Crippen LogP contribution in [0.25, 0.3) is 5.69 Å². The zero-order chi connectivity index (χ0) is 20.6. The second kappa shape index (κ2) is 10.3. The predicted molar refractivity (Wildman–Crippen MR) is 111 cm³/mol. The van der Waals surface area contributed by atoms with Gasteiger partial charge >= 0.3 is 5.97 Å². The van der Waals surface area contributed by atoms with Crippen molar-refractivity contribution in [2.45, 2.75) is 35.2 Å². The summed E-state index contributed by atoms with van der Waals surface area (Å²) in [5.74, 6) is 1.73. The summed E-state index contributed by atoms with van der Waals surface area (Å²) in [7, 11) is 1.37. The van der Waals surface area contributed by atoms with Crippen molar-refractivity contribution >= 4 is 29.5 Å². The van der Waals surface area contributed by atoms with Gasteiger partial charge in [-0.2, -0.15) is 0 Å². The first-order valence-electron chi connectivity index (χ1n) is 8.94. The quantitative estimate of drug-likeness (QED) is 0.287. The van der Waals surface area contributed by atoms with E-state index in [9.17, 15) is 4.79 Å². The largest absolute Gasteiger partial charge is 0.494 e. The number of esters is 1. The highest BCUT2D eigenvalue weighted by atomic mass is 32.2. The summed E-state index contributed by atoms with van der Waals surface area (Å²) < 4.78 is 12.3. The zero-order valence-electron chi connectivity index (χ0n) is 16.3. The molecule has 0 amide bonds. The van der Waals surface area contributed by atoms with Gasteiger partial charge in [0.15, 0.2) is 10.3 Å². The fraction of sp³-hybridized carbons (Fsp3) is 0.316. The summed E-state index contributed by atoms with van der Waals surface area (Å²) in [4.78, 5) is 20.3. The average Bonchev–Trinajstić information content (AvgIpc) is 3.15. The van der Waals surface area contributed by atoms with Crippen LogP contribution < -0.4 is 4.74 Å². The van der Waals surface area contributed by atoms with E-state index in [1.165, 1.54) is 30.6 Å². The highest BCUT2D eigenvalue weighted by Crippen LogP contribution is 2.29. The maximum absolute atomic E-state index is 11.9. The van der Waals surface area contributed by atoms with Crippen molar-refractivity contribution in [3.8, 4) is 11.4 Å². The normalized spacial score (nSPS) is 11.8. The molecule has 0 unspecified atom stereocenters. The van der Waals surface area contributed by atoms with Crippen molar-refractivity contribution in [1.29, 1.82) is 0 Å². The molecule has 0 N–H and O–H groups in total. The molecular formula is C19H21N5O3S2. The van der Waals surface area contributed by atoms with Gasteiger partial charge in [-0.05, 0) is 44.2 Å². The van der Waals surface area contributed by atoms with Gasteiger partial charge in [0.25, 0.3) is 0 Å². The number of nitrogens with zero attached hydrogens (tertiary/aromatic N) is 5. The first-order chi connectivity index (χ1) is 14.1. The van der Waals surface area contributed by atoms with E-state index in [1.807, 2.05) is 35.8 Å². The lowest BCUT2D eigenvalue weighted by atomic mass is 10.3. The summed E-state index contributed by atoms with van der Waals surface area (Å²) in [6.07, 6.45) is 3.40. The summed E-state index contributed by atoms with van der Waals surface area (Å²) in [6, 6.07) is 9.45. The zero-order valence-corrected chi connectivity index (χ0v) is 17.9. The molecule has 0 bridgehead atoms. The lowest BCUT2D eigenvalue weighted by Crippen LogP contribution is -2.15. The van der Waals surface area contributed by atoms with E-state index in [0.29, 0.717) is 22.7 Å². The number of ether oxygens (including phenoxy) is 2. The molecule has 8 nitrogen and oxygen atoms in total. The minimum Gasteiger partial charge on any atom is -0.494 e. The molecule has 0 spiro atoms. The van der Waals surface area contributed by atoms with Crippen molar-refractivity contribution in [1.82, 2.24) is 24.7 Å². The summed E-state index contributed by atoms with van der Waals surface area (Å²) in [6.45, 7) is 4.32. The Labute approximate surface area is 177 Å². The molecule has 0 aliphatic heterocycles. The van der Waals surface area contributed by atoms with Crippen LogP contribution in [0.1, 0.15) is 19.7 Å². The Morgan fingerprint density at radius 3 is 2.55 bits per heavy atom. The number of benzene rings is 1. The molecule has 3 aromatic rings. The van der Waals surface area contributed by atoms with Crippen LogP contribution in [0.15, 0.2) is 53.0 Å². The van der Waals surface area contributed by atoms with Gasteiger partial charge in [-0.25, -0.2) is 9.97 Å². The highest BCUT2D eigenvalue weighted by Gasteiger charge is 2.21. The van der Waals surface area contributed by atoms with Crippen molar-refractivity contribution in [2.75, 3.05) is 13.7 Å². The molecule has 2 heterocycles. The van der Waals surface area contributed by atoms with Crippen LogP contribution in [-0.4, -0.2) is 49.7 Å². The Morgan fingerprint density at radius 1 is 1.17 bits per heavy atom. The molecule has 29 heavy (non-hydrogen) atoms. The molecule has 0 radical (unpaired) electrons. The number of hydrogen-bond donors (Lipinski definition) is 0. The Morgan fingerprint density at radius 2 is 1.90 bits per heavy atom. The first kappa shape index (κ1) is 21.1. The Balaban J connectivity index is 1.89. The Hall–Kier alpha value is -2.59. The molecular weight excluding hydrogens is 410 g/mol. The molecule has 1 atom stereocenters. The molecule has 0 aliphatic carbocycles. The number of rotatable bonds is 9. The monoisotopic (exact) mass is 431 g/mol. The van der Waals surface area contributed by atoms with Gasteiger partial charge in [-0.1, -0.05) is 23.5 Å². The maximum atomic E-state index is 11.9. The van der Waals surface area contributed by atoms with Crippen LogP contribution in [0.5, 0.6) is 5.75 Å². The van der Waals surface area contributed by atoms with Crippen molar-refractivity contribution in [3.63, 3.8) is 0 Å². The second-order valence-electron chi connectivity index (χ2n) is 5.76. The Bertz CT molecular complexity index is 935. The van der Waals surface area contributed by atoms with E-state index in [1.54, 1.807) is 25.4 Å². The van der Waals surface area contributed by atoms with Gasteiger partial charge in [0.05, 0.1) is 19.5 Å². The molecule has 0 saturated heterocycles. The van der Waals surface area contributed by atoms with Crippen LogP contribution in [-0.2, 0) is 15.3 Å². The van der Waals surface area contributed by atoms with Crippen LogP contribution in [0.4, 0.5) is 0 Å². The lowest BCUT2D eigenvalue weighted by Gasteiger charge is -2.13. The number of carbonyl (C=O) groups excluding carboxylic acids is 1. The first-order valence-corrected chi connectivity index (χ1v) is 10.8.